The highest BCUT2D eigenvalue weighted by Crippen LogP contribution is 2.26. The van der Waals surface area contributed by atoms with E-state index in [2.05, 4.69) is 21.2 Å². The van der Waals surface area contributed by atoms with E-state index in [1.807, 2.05) is 60.0 Å². The number of nitrogens with one attached hydrogen (secondary N) is 1. The lowest BCUT2D eigenvalue weighted by Crippen LogP contribution is -2.07. The molecule has 0 saturated heterocycles. The molecule has 0 atom stereocenters. The van der Waals surface area contributed by atoms with Crippen molar-refractivity contribution >= 4 is 55.7 Å². The van der Waals surface area contributed by atoms with E-state index < -0.39 is 0 Å². The lowest BCUT2D eigenvalue weighted by Gasteiger charge is -2.05. The maximum Gasteiger partial charge on any atom is 0.248 e. The summed E-state index contributed by atoms with van der Waals surface area (Å²) in [5.41, 5.74) is 0.793. The number of hydrogen-bond acceptors (Lipinski definition) is 2. The summed E-state index contributed by atoms with van der Waals surface area (Å²) in [6, 6.07) is 15.8. The van der Waals surface area contributed by atoms with E-state index in [0.29, 0.717) is 0 Å². The summed E-state index contributed by atoms with van der Waals surface area (Å²) in [6.07, 6.45) is 3.37. The van der Waals surface area contributed by atoms with Crippen molar-refractivity contribution in [2.75, 3.05) is 5.32 Å². The average molecular weight is 358 g/mol. The van der Waals surface area contributed by atoms with Crippen LogP contribution in [-0.2, 0) is 4.79 Å². The van der Waals surface area contributed by atoms with Crippen molar-refractivity contribution in [1.29, 1.82) is 0 Å². The molecule has 2 nitrogen and oxygen atoms in total. The Balaban J connectivity index is 1.77. The fraction of sp³-hybridized carbons (Fsp3) is 0. The minimum absolute atomic E-state index is 0.127. The second-order valence-corrected chi connectivity index (χ2v) is 6.35. The van der Waals surface area contributed by atoms with Gasteiger partial charge in [-0.1, -0.05) is 40.2 Å². The van der Waals surface area contributed by atoms with Crippen LogP contribution in [0.3, 0.4) is 0 Å². The molecule has 2 aromatic carbocycles. The first-order valence-corrected chi connectivity index (χ1v) is 8.10. The number of thiophene rings is 1. The maximum absolute atomic E-state index is 11.9. The van der Waals surface area contributed by atoms with Gasteiger partial charge in [0.1, 0.15) is 0 Å². The Labute approximate surface area is 135 Å². The molecule has 3 aromatic rings. The highest BCUT2D eigenvalue weighted by molar-refractivity contribution is 9.10. The van der Waals surface area contributed by atoms with E-state index in [4.69, 9.17) is 0 Å². The summed E-state index contributed by atoms with van der Waals surface area (Å²) in [5.74, 6) is -0.127. The number of carbonyl (C=O) groups excluding carboxylic acids is 1. The number of carbonyl (C=O) groups is 1. The Bertz CT molecular complexity index is 809. The number of halogens is 1. The molecule has 0 aliphatic carbocycles. The van der Waals surface area contributed by atoms with Crippen molar-refractivity contribution in [3.63, 3.8) is 0 Å². The van der Waals surface area contributed by atoms with Gasteiger partial charge in [-0.15, -0.1) is 11.3 Å². The van der Waals surface area contributed by atoms with Gasteiger partial charge < -0.3 is 5.32 Å². The van der Waals surface area contributed by atoms with Gasteiger partial charge >= 0.3 is 0 Å². The number of hydrogen-bond donors (Lipinski definition) is 1. The first-order chi connectivity index (χ1) is 10.2. The quantitative estimate of drug-likeness (QED) is 0.631. The van der Waals surface area contributed by atoms with Gasteiger partial charge in [0.05, 0.1) is 0 Å². The lowest BCUT2D eigenvalue weighted by atomic mass is 10.1. The molecular formula is C17H12BrNOS. The second kappa shape index (κ2) is 6.24. The molecule has 0 radical (unpaired) electrons. The van der Waals surface area contributed by atoms with Gasteiger partial charge in [-0.3, -0.25) is 4.79 Å². The minimum Gasteiger partial charge on any atom is -0.322 e. The van der Waals surface area contributed by atoms with E-state index in [0.717, 1.165) is 25.8 Å². The van der Waals surface area contributed by atoms with Crippen LogP contribution in [0.4, 0.5) is 5.69 Å². The molecule has 0 saturated carbocycles. The average Bonchev–Trinajstić information content (AvgIpc) is 2.99. The van der Waals surface area contributed by atoms with Crippen LogP contribution < -0.4 is 5.32 Å². The van der Waals surface area contributed by atoms with Crippen LogP contribution >= 0.6 is 27.3 Å². The van der Waals surface area contributed by atoms with E-state index in [1.54, 1.807) is 17.4 Å². The molecule has 0 aliphatic heterocycles. The van der Waals surface area contributed by atoms with E-state index in [1.165, 1.54) is 0 Å². The zero-order valence-electron chi connectivity index (χ0n) is 11.0. The molecule has 0 bridgehead atoms. The highest BCUT2D eigenvalue weighted by Gasteiger charge is 2.02. The fourth-order valence-corrected chi connectivity index (χ4v) is 3.18. The fourth-order valence-electron chi connectivity index (χ4n) is 2.05. The van der Waals surface area contributed by atoms with Crippen molar-refractivity contribution < 1.29 is 4.79 Å². The highest BCUT2D eigenvalue weighted by atomic mass is 79.9. The lowest BCUT2D eigenvalue weighted by molar-refractivity contribution is -0.111. The molecule has 1 N–H and O–H groups in total. The second-order valence-electron chi connectivity index (χ2n) is 4.51. The third-order valence-electron chi connectivity index (χ3n) is 3.04. The summed E-state index contributed by atoms with van der Waals surface area (Å²) in [4.78, 5) is 13.0. The van der Waals surface area contributed by atoms with E-state index in [9.17, 15) is 4.79 Å². The zero-order valence-corrected chi connectivity index (χ0v) is 13.4. The van der Waals surface area contributed by atoms with Gasteiger partial charge in [-0.2, -0.15) is 0 Å². The molecule has 21 heavy (non-hydrogen) atoms. The molecule has 4 heteroatoms. The smallest absolute Gasteiger partial charge is 0.248 e. The molecule has 0 aliphatic rings. The van der Waals surface area contributed by atoms with Crippen molar-refractivity contribution in [1.82, 2.24) is 0 Å². The standard InChI is InChI=1S/C17H12BrNOS/c18-16-5-1-3-12-11-13(6-8-15(12)16)19-17(20)9-7-14-4-2-10-21-14/h1-11H,(H,19,20)/b9-7+. The van der Waals surface area contributed by atoms with Gasteiger partial charge in [0.25, 0.3) is 0 Å². The molecular weight excluding hydrogens is 346 g/mol. The number of rotatable bonds is 3. The summed E-state index contributed by atoms with van der Waals surface area (Å²) in [6.45, 7) is 0. The molecule has 1 amide bonds. The molecule has 1 heterocycles. The predicted octanol–water partition coefficient (Wildman–Crippen LogP) is 5.32. The van der Waals surface area contributed by atoms with Crippen LogP contribution in [0.5, 0.6) is 0 Å². The molecule has 1 aromatic heterocycles. The van der Waals surface area contributed by atoms with Gasteiger partial charge in [0.15, 0.2) is 0 Å². The maximum atomic E-state index is 11.9. The monoisotopic (exact) mass is 357 g/mol. The van der Waals surface area contributed by atoms with Crippen LogP contribution in [0, 0.1) is 0 Å². The van der Waals surface area contributed by atoms with Crippen LogP contribution in [0.25, 0.3) is 16.8 Å². The van der Waals surface area contributed by atoms with Gasteiger partial charge in [-0.25, -0.2) is 0 Å². The van der Waals surface area contributed by atoms with Gasteiger partial charge in [0, 0.05) is 21.1 Å². The zero-order chi connectivity index (χ0) is 14.7. The Morgan fingerprint density at radius 2 is 2.05 bits per heavy atom. The summed E-state index contributed by atoms with van der Waals surface area (Å²) in [7, 11) is 0. The van der Waals surface area contributed by atoms with Gasteiger partial charge in [0.2, 0.25) is 5.91 Å². The van der Waals surface area contributed by atoms with E-state index in [-0.39, 0.29) is 5.91 Å². The molecule has 104 valence electrons. The molecule has 3 rings (SSSR count). The Morgan fingerprint density at radius 3 is 2.86 bits per heavy atom. The first-order valence-electron chi connectivity index (χ1n) is 6.43. The Kier molecular flexibility index (Phi) is 4.18. The van der Waals surface area contributed by atoms with Crippen LogP contribution in [0.2, 0.25) is 0 Å². The molecule has 0 fully saturated rings. The third kappa shape index (κ3) is 3.40. The summed E-state index contributed by atoms with van der Waals surface area (Å²) < 4.78 is 1.05. The summed E-state index contributed by atoms with van der Waals surface area (Å²) >= 11 is 5.12. The number of benzene rings is 2. The van der Waals surface area contributed by atoms with Crippen molar-refractivity contribution in [3.8, 4) is 0 Å². The third-order valence-corrected chi connectivity index (χ3v) is 4.57. The molecule has 0 spiro atoms. The minimum atomic E-state index is -0.127. The van der Waals surface area contributed by atoms with Crippen LogP contribution in [0.1, 0.15) is 4.88 Å². The van der Waals surface area contributed by atoms with Crippen molar-refractivity contribution in [2.24, 2.45) is 0 Å². The largest absolute Gasteiger partial charge is 0.322 e. The number of amides is 1. The summed E-state index contributed by atoms with van der Waals surface area (Å²) in [5, 5.41) is 7.08. The van der Waals surface area contributed by atoms with Crippen molar-refractivity contribution in [3.05, 3.63) is 69.3 Å². The SMILES string of the molecule is O=C(/C=C/c1cccs1)Nc1ccc2c(Br)cccc2c1. The number of fused-ring (bicyclic) bond motifs is 1. The van der Waals surface area contributed by atoms with Gasteiger partial charge in [-0.05, 0) is 46.5 Å². The first kappa shape index (κ1) is 14.0. The number of anilines is 1. The molecule has 0 unspecified atom stereocenters. The van der Waals surface area contributed by atoms with Crippen LogP contribution in [-0.4, -0.2) is 5.91 Å². The Morgan fingerprint density at radius 1 is 1.14 bits per heavy atom. The predicted molar refractivity (Wildman–Crippen MR) is 93.6 cm³/mol. The van der Waals surface area contributed by atoms with Crippen molar-refractivity contribution in [2.45, 2.75) is 0 Å². The van der Waals surface area contributed by atoms with E-state index >= 15 is 0 Å². The Hall–Kier alpha value is -1.91. The topological polar surface area (TPSA) is 29.1 Å². The van der Waals surface area contributed by atoms with Crippen LogP contribution in [0.15, 0.2) is 64.5 Å². The normalized spacial score (nSPS) is 11.1.